The van der Waals surface area contributed by atoms with Crippen molar-refractivity contribution in [2.75, 3.05) is 13.2 Å². The minimum Gasteiger partial charge on any atom is -0.493 e. The third-order valence-electron chi connectivity index (χ3n) is 2.82. The highest BCUT2D eigenvalue weighted by Crippen LogP contribution is 2.37. The van der Waals surface area contributed by atoms with E-state index in [-0.39, 0.29) is 0 Å². The first-order valence-electron chi connectivity index (χ1n) is 6.17. The van der Waals surface area contributed by atoms with Crippen LogP contribution >= 0.6 is 11.6 Å². The highest BCUT2D eigenvalue weighted by molar-refractivity contribution is 6.31. The predicted octanol–water partition coefficient (Wildman–Crippen LogP) is 3.67. The van der Waals surface area contributed by atoms with Crippen molar-refractivity contribution in [3.63, 3.8) is 0 Å². The van der Waals surface area contributed by atoms with Gasteiger partial charge in [-0.2, -0.15) is 0 Å². The fourth-order valence-corrected chi connectivity index (χ4v) is 2.70. The van der Waals surface area contributed by atoms with Crippen LogP contribution < -0.4 is 10.5 Å². The quantitative estimate of drug-likeness (QED) is 0.871. The molecule has 2 nitrogen and oxygen atoms in total. The van der Waals surface area contributed by atoms with Gasteiger partial charge in [0.15, 0.2) is 0 Å². The van der Waals surface area contributed by atoms with Crippen molar-refractivity contribution in [1.82, 2.24) is 0 Å². The van der Waals surface area contributed by atoms with Crippen LogP contribution in [0.5, 0.6) is 5.75 Å². The summed E-state index contributed by atoms with van der Waals surface area (Å²) in [6.07, 6.45) is 0.810. The second-order valence-corrected chi connectivity index (χ2v) is 4.93. The zero-order chi connectivity index (χ0) is 13.0. The van der Waals surface area contributed by atoms with Gasteiger partial charge < -0.3 is 10.5 Å². The fraction of sp³-hybridized carbons (Fsp3) is 0.571. The molecule has 1 aromatic rings. The lowest BCUT2D eigenvalue weighted by atomic mass is 9.92. The smallest absolute Gasteiger partial charge is 0.125 e. The van der Waals surface area contributed by atoms with Gasteiger partial charge in [0.2, 0.25) is 0 Å². The fourth-order valence-electron chi connectivity index (χ4n) is 2.20. The van der Waals surface area contributed by atoms with Crippen molar-refractivity contribution < 1.29 is 4.74 Å². The van der Waals surface area contributed by atoms with Gasteiger partial charge in [0.1, 0.15) is 5.75 Å². The Kier molecular flexibility index (Phi) is 5.29. The van der Waals surface area contributed by atoms with Crippen molar-refractivity contribution >= 4 is 11.6 Å². The van der Waals surface area contributed by atoms with E-state index in [2.05, 4.69) is 13.8 Å². The summed E-state index contributed by atoms with van der Waals surface area (Å²) in [7, 11) is 0. The number of halogens is 1. The van der Waals surface area contributed by atoms with Crippen molar-refractivity contribution in [3.8, 4) is 5.75 Å². The van der Waals surface area contributed by atoms with Gasteiger partial charge in [-0.05, 0) is 49.9 Å². The molecule has 17 heavy (non-hydrogen) atoms. The molecule has 0 radical (unpaired) electrons. The average molecular weight is 256 g/mol. The Balaban J connectivity index is 3.41. The molecule has 0 saturated heterocycles. The number of aryl methyl sites for hydroxylation is 1. The third-order valence-corrected chi connectivity index (χ3v) is 3.13. The SMILES string of the molecule is CCOc1c(C)cc(Cl)c(C(C)C)c1CCN. The van der Waals surface area contributed by atoms with Crippen LogP contribution in [-0.4, -0.2) is 13.2 Å². The number of hydrogen-bond donors (Lipinski definition) is 1. The van der Waals surface area contributed by atoms with E-state index in [1.807, 2.05) is 19.9 Å². The van der Waals surface area contributed by atoms with E-state index >= 15 is 0 Å². The maximum absolute atomic E-state index is 6.34. The van der Waals surface area contributed by atoms with Gasteiger partial charge in [-0.15, -0.1) is 0 Å². The Morgan fingerprint density at radius 3 is 2.53 bits per heavy atom. The molecule has 0 bridgehead atoms. The molecule has 2 N–H and O–H groups in total. The zero-order valence-electron chi connectivity index (χ0n) is 11.1. The molecule has 0 unspecified atom stereocenters. The molecule has 0 aliphatic heterocycles. The van der Waals surface area contributed by atoms with Crippen molar-refractivity contribution in [2.24, 2.45) is 5.73 Å². The van der Waals surface area contributed by atoms with E-state index < -0.39 is 0 Å². The van der Waals surface area contributed by atoms with Crippen LogP contribution in [0.15, 0.2) is 6.07 Å². The number of hydrogen-bond acceptors (Lipinski definition) is 2. The summed E-state index contributed by atoms with van der Waals surface area (Å²) in [4.78, 5) is 0. The highest BCUT2D eigenvalue weighted by Gasteiger charge is 2.18. The lowest BCUT2D eigenvalue weighted by Gasteiger charge is -2.20. The molecule has 0 atom stereocenters. The topological polar surface area (TPSA) is 35.2 Å². The van der Waals surface area contributed by atoms with E-state index in [0.717, 1.165) is 22.8 Å². The molecule has 96 valence electrons. The van der Waals surface area contributed by atoms with Gasteiger partial charge in [0.25, 0.3) is 0 Å². The van der Waals surface area contributed by atoms with E-state index in [1.165, 1.54) is 11.1 Å². The minimum atomic E-state index is 0.379. The molecule has 0 aliphatic rings. The Bertz CT molecular complexity index is 388. The number of ether oxygens (including phenoxy) is 1. The van der Waals surface area contributed by atoms with E-state index in [0.29, 0.717) is 19.1 Å². The van der Waals surface area contributed by atoms with E-state index in [9.17, 15) is 0 Å². The Morgan fingerprint density at radius 1 is 1.41 bits per heavy atom. The van der Waals surface area contributed by atoms with Gasteiger partial charge in [0.05, 0.1) is 6.61 Å². The molecule has 0 heterocycles. The largest absolute Gasteiger partial charge is 0.493 e. The van der Waals surface area contributed by atoms with Crippen LogP contribution in [0, 0.1) is 6.92 Å². The third kappa shape index (κ3) is 3.14. The van der Waals surface area contributed by atoms with Crippen LogP contribution in [0.2, 0.25) is 5.02 Å². The molecular formula is C14H22ClNO. The molecule has 0 aromatic heterocycles. The maximum atomic E-state index is 6.34. The minimum absolute atomic E-state index is 0.379. The highest BCUT2D eigenvalue weighted by atomic mass is 35.5. The summed E-state index contributed by atoms with van der Waals surface area (Å²) in [5.74, 6) is 1.34. The molecule has 0 saturated carbocycles. The molecule has 3 heteroatoms. The van der Waals surface area contributed by atoms with Crippen molar-refractivity contribution in [1.29, 1.82) is 0 Å². The lowest BCUT2D eigenvalue weighted by molar-refractivity contribution is 0.333. The van der Waals surface area contributed by atoms with E-state index in [1.54, 1.807) is 0 Å². The molecule has 1 aromatic carbocycles. The summed E-state index contributed by atoms with van der Waals surface area (Å²) in [6, 6.07) is 1.99. The molecule has 1 rings (SSSR count). The summed E-state index contributed by atoms with van der Waals surface area (Å²) in [5.41, 5.74) is 9.13. The molecular weight excluding hydrogens is 234 g/mol. The van der Waals surface area contributed by atoms with Gasteiger partial charge in [-0.1, -0.05) is 25.4 Å². The Labute approximate surface area is 109 Å². The van der Waals surface area contributed by atoms with Gasteiger partial charge in [-0.3, -0.25) is 0 Å². The second-order valence-electron chi connectivity index (χ2n) is 4.52. The average Bonchev–Trinajstić information content (AvgIpc) is 2.23. The first-order valence-corrected chi connectivity index (χ1v) is 6.55. The normalized spacial score (nSPS) is 11.0. The Hall–Kier alpha value is -0.730. The van der Waals surface area contributed by atoms with E-state index in [4.69, 9.17) is 22.1 Å². The first-order chi connectivity index (χ1) is 8.02. The summed E-state index contributed by atoms with van der Waals surface area (Å²) in [5, 5.41) is 0.824. The summed E-state index contributed by atoms with van der Waals surface area (Å²) < 4.78 is 5.75. The molecule has 0 aliphatic carbocycles. The summed E-state index contributed by atoms with van der Waals surface area (Å²) in [6.45, 7) is 9.59. The van der Waals surface area contributed by atoms with Crippen LogP contribution in [0.3, 0.4) is 0 Å². The number of nitrogens with two attached hydrogens (primary N) is 1. The monoisotopic (exact) mass is 255 g/mol. The van der Waals surface area contributed by atoms with Gasteiger partial charge in [-0.25, -0.2) is 0 Å². The predicted molar refractivity (Wildman–Crippen MR) is 74.2 cm³/mol. The zero-order valence-corrected chi connectivity index (χ0v) is 11.9. The number of benzene rings is 1. The van der Waals surface area contributed by atoms with Crippen molar-refractivity contribution in [3.05, 3.63) is 27.8 Å². The van der Waals surface area contributed by atoms with Crippen LogP contribution in [0.4, 0.5) is 0 Å². The van der Waals surface area contributed by atoms with Crippen LogP contribution in [0.25, 0.3) is 0 Å². The molecule has 0 amide bonds. The lowest BCUT2D eigenvalue weighted by Crippen LogP contribution is -2.10. The van der Waals surface area contributed by atoms with Gasteiger partial charge >= 0.3 is 0 Å². The maximum Gasteiger partial charge on any atom is 0.125 e. The standard InChI is InChI=1S/C14H22ClNO/c1-5-17-14-10(4)8-12(15)13(9(2)3)11(14)6-7-16/h8-9H,5-7,16H2,1-4H3. The van der Waals surface area contributed by atoms with Gasteiger partial charge in [0, 0.05) is 10.6 Å². The summed E-state index contributed by atoms with van der Waals surface area (Å²) >= 11 is 6.34. The second kappa shape index (κ2) is 6.27. The molecule has 0 fully saturated rings. The number of rotatable bonds is 5. The molecule has 0 spiro atoms. The Morgan fingerprint density at radius 2 is 2.06 bits per heavy atom. The van der Waals surface area contributed by atoms with Crippen molar-refractivity contribution in [2.45, 2.75) is 40.0 Å². The van der Waals surface area contributed by atoms with Crippen LogP contribution in [-0.2, 0) is 6.42 Å². The first kappa shape index (κ1) is 14.3. The van der Waals surface area contributed by atoms with Crippen LogP contribution in [0.1, 0.15) is 43.4 Å².